The van der Waals surface area contributed by atoms with E-state index in [1.54, 1.807) is 11.8 Å². The smallest absolute Gasteiger partial charge is 0.306 e. The number of thioether (sulfide) groups is 1. The second kappa shape index (κ2) is 5.50. The van der Waals surface area contributed by atoms with E-state index in [9.17, 15) is 9.90 Å². The van der Waals surface area contributed by atoms with Gasteiger partial charge in [-0.3, -0.25) is 4.79 Å². The first-order chi connectivity index (χ1) is 6.18. The lowest BCUT2D eigenvalue weighted by Gasteiger charge is -2.11. The zero-order chi connectivity index (χ0) is 9.68. The fourth-order valence-corrected chi connectivity index (χ4v) is 2.84. The summed E-state index contributed by atoms with van der Waals surface area (Å²) in [5, 5.41) is 18.3. The fraction of sp³-hybridized carbons (Fsp3) is 0.889. The maximum atomic E-state index is 10.2. The predicted molar refractivity (Wildman–Crippen MR) is 53.0 cm³/mol. The van der Waals surface area contributed by atoms with E-state index in [1.807, 2.05) is 0 Å². The minimum Gasteiger partial charge on any atom is -0.481 e. The molecular formula is C9H16O3S. The minimum atomic E-state index is -0.917. The van der Waals surface area contributed by atoms with Crippen LogP contribution in [0.15, 0.2) is 0 Å². The van der Waals surface area contributed by atoms with E-state index >= 15 is 0 Å². The first-order valence-corrected chi connectivity index (χ1v) is 5.75. The summed E-state index contributed by atoms with van der Waals surface area (Å²) >= 11 is 1.72. The van der Waals surface area contributed by atoms with Gasteiger partial charge in [-0.1, -0.05) is 12.8 Å². The van der Waals surface area contributed by atoms with Gasteiger partial charge in [-0.05, 0) is 12.8 Å². The molecule has 0 saturated heterocycles. The molecule has 0 aromatic heterocycles. The van der Waals surface area contributed by atoms with Gasteiger partial charge < -0.3 is 10.2 Å². The van der Waals surface area contributed by atoms with Gasteiger partial charge in [0.1, 0.15) is 0 Å². The number of rotatable bonds is 5. The van der Waals surface area contributed by atoms with Crippen LogP contribution in [0.2, 0.25) is 0 Å². The minimum absolute atomic E-state index is 0.125. The quantitative estimate of drug-likeness (QED) is 0.712. The van der Waals surface area contributed by atoms with E-state index in [4.69, 9.17) is 5.11 Å². The zero-order valence-corrected chi connectivity index (χ0v) is 8.42. The molecule has 1 unspecified atom stereocenters. The summed E-state index contributed by atoms with van der Waals surface area (Å²) in [7, 11) is 0. The molecule has 0 heterocycles. The predicted octanol–water partition coefficient (Wildman–Crippen LogP) is 1.50. The summed E-state index contributed by atoms with van der Waals surface area (Å²) < 4.78 is 0. The molecule has 0 spiro atoms. The van der Waals surface area contributed by atoms with Gasteiger partial charge >= 0.3 is 5.97 Å². The standard InChI is InChI=1S/C9H16O3S/c10-7(5-9(11)12)6-13-8-3-1-2-4-8/h7-8,10H,1-6H2,(H,11,12). The molecule has 0 aromatic rings. The van der Waals surface area contributed by atoms with Crippen LogP contribution in [-0.4, -0.2) is 33.3 Å². The number of aliphatic hydroxyl groups excluding tert-OH is 1. The van der Waals surface area contributed by atoms with Gasteiger partial charge in [0, 0.05) is 11.0 Å². The van der Waals surface area contributed by atoms with Crippen molar-refractivity contribution in [2.75, 3.05) is 5.75 Å². The van der Waals surface area contributed by atoms with Crippen LogP contribution in [-0.2, 0) is 4.79 Å². The van der Waals surface area contributed by atoms with Crippen molar-refractivity contribution in [1.82, 2.24) is 0 Å². The van der Waals surface area contributed by atoms with E-state index in [0.717, 1.165) is 0 Å². The Morgan fingerprint density at radius 1 is 1.46 bits per heavy atom. The van der Waals surface area contributed by atoms with Gasteiger partial charge in [-0.2, -0.15) is 11.8 Å². The summed E-state index contributed by atoms with van der Waals surface area (Å²) in [5.41, 5.74) is 0. The van der Waals surface area contributed by atoms with Crippen molar-refractivity contribution in [2.24, 2.45) is 0 Å². The monoisotopic (exact) mass is 204 g/mol. The lowest BCUT2D eigenvalue weighted by Crippen LogP contribution is -2.16. The molecule has 0 aromatic carbocycles. The molecule has 1 atom stereocenters. The highest BCUT2D eigenvalue weighted by Crippen LogP contribution is 2.29. The van der Waals surface area contributed by atoms with Crippen LogP contribution in [0, 0.1) is 0 Å². The maximum Gasteiger partial charge on any atom is 0.306 e. The lowest BCUT2D eigenvalue weighted by atomic mass is 10.3. The molecule has 2 N–H and O–H groups in total. The third-order valence-corrected chi connectivity index (χ3v) is 3.76. The van der Waals surface area contributed by atoms with Crippen molar-refractivity contribution in [3.8, 4) is 0 Å². The van der Waals surface area contributed by atoms with Gasteiger partial charge in [-0.25, -0.2) is 0 Å². The normalized spacial score (nSPS) is 20.4. The Morgan fingerprint density at radius 3 is 2.62 bits per heavy atom. The van der Waals surface area contributed by atoms with Gasteiger partial charge in [0.25, 0.3) is 0 Å². The molecule has 76 valence electrons. The van der Waals surface area contributed by atoms with Crippen molar-refractivity contribution < 1.29 is 15.0 Å². The van der Waals surface area contributed by atoms with E-state index in [2.05, 4.69) is 0 Å². The van der Waals surface area contributed by atoms with Gasteiger partial charge in [0.2, 0.25) is 0 Å². The Labute approximate surface area is 82.5 Å². The van der Waals surface area contributed by atoms with E-state index < -0.39 is 12.1 Å². The molecule has 1 aliphatic rings. The van der Waals surface area contributed by atoms with Crippen LogP contribution in [0.3, 0.4) is 0 Å². The van der Waals surface area contributed by atoms with Crippen LogP contribution in [0.4, 0.5) is 0 Å². The van der Waals surface area contributed by atoms with Gasteiger partial charge in [0.15, 0.2) is 0 Å². The number of carbonyl (C=O) groups is 1. The van der Waals surface area contributed by atoms with Crippen molar-refractivity contribution >= 4 is 17.7 Å². The second-order valence-corrected chi connectivity index (χ2v) is 4.82. The third kappa shape index (κ3) is 4.52. The van der Waals surface area contributed by atoms with Crippen LogP contribution < -0.4 is 0 Å². The topological polar surface area (TPSA) is 57.5 Å². The Hall–Kier alpha value is -0.220. The molecule has 13 heavy (non-hydrogen) atoms. The van der Waals surface area contributed by atoms with Crippen LogP contribution in [0.5, 0.6) is 0 Å². The van der Waals surface area contributed by atoms with Gasteiger partial charge in [0.05, 0.1) is 12.5 Å². The van der Waals surface area contributed by atoms with Crippen molar-refractivity contribution in [2.45, 2.75) is 43.5 Å². The average molecular weight is 204 g/mol. The van der Waals surface area contributed by atoms with Crippen LogP contribution in [0.1, 0.15) is 32.1 Å². The molecular weight excluding hydrogens is 188 g/mol. The largest absolute Gasteiger partial charge is 0.481 e. The maximum absolute atomic E-state index is 10.2. The second-order valence-electron chi connectivity index (χ2n) is 3.49. The molecule has 3 nitrogen and oxygen atoms in total. The van der Waals surface area contributed by atoms with Crippen LogP contribution >= 0.6 is 11.8 Å². The molecule has 1 rings (SSSR count). The van der Waals surface area contributed by atoms with Crippen LogP contribution in [0.25, 0.3) is 0 Å². The van der Waals surface area contributed by atoms with Gasteiger partial charge in [-0.15, -0.1) is 0 Å². The van der Waals surface area contributed by atoms with E-state index in [0.29, 0.717) is 11.0 Å². The average Bonchev–Trinajstić information content (AvgIpc) is 2.51. The number of carboxylic acids is 1. The molecule has 0 radical (unpaired) electrons. The number of aliphatic hydroxyl groups is 1. The highest BCUT2D eigenvalue weighted by molar-refractivity contribution is 7.99. The number of carboxylic acid groups (broad SMARTS) is 1. The highest BCUT2D eigenvalue weighted by atomic mass is 32.2. The molecule has 0 bridgehead atoms. The molecule has 1 aliphatic carbocycles. The number of hydrogen-bond acceptors (Lipinski definition) is 3. The Kier molecular flexibility index (Phi) is 4.59. The number of hydrogen-bond donors (Lipinski definition) is 2. The first-order valence-electron chi connectivity index (χ1n) is 4.70. The Morgan fingerprint density at radius 2 is 2.08 bits per heavy atom. The van der Waals surface area contributed by atoms with E-state index in [-0.39, 0.29) is 6.42 Å². The Balaban J connectivity index is 2.06. The van der Waals surface area contributed by atoms with Crippen molar-refractivity contribution in [3.05, 3.63) is 0 Å². The summed E-state index contributed by atoms with van der Waals surface area (Å²) in [6.07, 6.45) is 4.22. The lowest BCUT2D eigenvalue weighted by molar-refractivity contribution is -0.138. The Bertz CT molecular complexity index is 166. The molecule has 0 amide bonds. The fourth-order valence-electron chi connectivity index (χ4n) is 1.56. The van der Waals surface area contributed by atoms with Crippen molar-refractivity contribution in [3.63, 3.8) is 0 Å². The van der Waals surface area contributed by atoms with E-state index in [1.165, 1.54) is 25.7 Å². The van der Waals surface area contributed by atoms with Crippen molar-refractivity contribution in [1.29, 1.82) is 0 Å². The molecule has 4 heteroatoms. The molecule has 1 saturated carbocycles. The summed E-state index contributed by atoms with van der Waals surface area (Å²) in [5.74, 6) is -0.351. The highest BCUT2D eigenvalue weighted by Gasteiger charge is 2.17. The third-order valence-electron chi connectivity index (χ3n) is 2.24. The summed E-state index contributed by atoms with van der Waals surface area (Å²) in [6, 6.07) is 0. The summed E-state index contributed by atoms with van der Waals surface area (Å²) in [4.78, 5) is 10.2. The number of aliphatic carboxylic acids is 1. The SMILES string of the molecule is O=C(O)CC(O)CSC1CCCC1. The molecule has 0 aliphatic heterocycles. The molecule has 1 fully saturated rings. The first kappa shape index (κ1) is 10.9. The summed E-state index contributed by atoms with van der Waals surface area (Å²) in [6.45, 7) is 0. The zero-order valence-electron chi connectivity index (χ0n) is 7.61.